The van der Waals surface area contributed by atoms with Crippen LogP contribution in [0.2, 0.25) is 0 Å². The number of benzene rings is 1. The normalized spacial score (nSPS) is 23.3. The van der Waals surface area contributed by atoms with Crippen LogP contribution >= 0.6 is 0 Å². The first-order chi connectivity index (χ1) is 12.6. The van der Waals surface area contributed by atoms with E-state index in [4.69, 9.17) is 20.4 Å². The summed E-state index contributed by atoms with van der Waals surface area (Å²) in [6, 6.07) is 11.1. The van der Waals surface area contributed by atoms with Crippen molar-refractivity contribution in [2.24, 2.45) is 5.73 Å². The van der Waals surface area contributed by atoms with E-state index >= 15 is 0 Å². The molecular formula is C21H28N4O. The van der Waals surface area contributed by atoms with Crippen molar-refractivity contribution in [3.05, 3.63) is 53.0 Å². The Balaban J connectivity index is 1.54. The number of anilines is 1. The number of hydrogen-bond acceptors (Lipinski definition) is 5. The molecule has 2 aliphatic carbocycles. The lowest BCUT2D eigenvalue weighted by Crippen LogP contribution is -2.35. The second-order valence-electron chi connectivity index (χ2n) is 7.96. The number of hydrogen-bond donors (Lipinski definition) is 2. The fraction of sp³-hybridized carbons (Fsp3) is 0.524. The molecule has 5 nitrogen and oxygen atoms in total. The maximum atomic E-state index is 5.97. The predicted octanol–water partition coefficient (Wildman–Crippen LogP) is 3.32. The summed E-state index contributed by atoms with van der Waals surface area (Å²) in [7, 11) is 1.68. The van der Waals surface area contributed by atoms with E-state index in [0.29, 0.717) is 18.6 Å². The van der Waals surface area contributed by atoms with Gasteiger partial charge in [-0.3, -0.25) is 0 Å². The SMILES string of the molecule is COCc1nc(NC2(Cc3ccccc3C)CC2)cc(C2CC(N)C2)n1. The number of methoxy groups -OCH3 is 1. The summed E-state index contributed by atoms with van der Waals surface area (Å²) in [4.78, 5) is 9.39. The summed E-state index contributed by atoms with van der Waals surface area (Å²) in [6.45, 7) is 2.62. The number of ether oxygens (including phenoxy) is 1. The third-order valence-corrected chi connectivity index (χ3v) is 5.70. The molecule has 0 bridgehead atoms. The van der Waals surface area contributed by atoms with Crippen LogP contribution in [0.1, 0.15) is 54.2 Å². The minimum Gasteiger partial charge on any atom is -0.377 e. The van der Waals surface area contributed by atoms with Crippen LogP contribution < -0.4 is 11.1 Å². The lowest BCUT2D eigenvalue weighted by Gasteiger charge is -2.32. The molecule has 4 rings (SSSR count). The molecule has 0 radical (unpaired) electrons. The summed E-state index contributed by atoms with van der Waals surface area (Å²) in [5, 5.41) is 3.72. The van der Waals surface area contributed by atoms with Crippen molar-refractivity contribution in [1.29, 1.82) is 0 Å². The monoisotopic (exact) mass is 352 g/mol. The Labute approximate surface area is 155 Å². The van der Waals surface area contributed by atoms with Gasteiger partial charge in [0.1, 0.15) is 12.4 Å². The standard InChI is InChI=1S/C21H28N4O/c1-14-5-3-4-6-15(14)12-21(7-8-21)25-19-11-18(16-9-17(22)10-16)23-20(24-19)13-26-2/h3-6,11,16-17H,7-10,12-13,22H2,1-2H3,(H,23,24,25). The third kappa shape index (κ3) is 3.74. The third-order valence-electron chi connectivity index (χ3n) is 5.70. The first-order valence-electron chi connectivity index (χ1n) is 9.52. The Morgan fingerprint density at radius 1 is 1.23 bits per heavy atom. The van der Waals surface area contributed by atoms with Gasteiger partial charge in [0.05, 0.1) is 0 Å². The van der Waals surface area contributed by atoms with Crippen LogP contribution in [0, 0.1) is 6.92 Å². The Bertz CT molecular complexity index is 781. The first-order valence-corrected chi connectivity index (χ1v) is 9.52. The number of aryl methyl sites for hydroxylation is 1. The number of rotatable bonds is 7. The second-order valence-corrected chi connectivity index (χ2v) is 7.96. The van der Waals surface area contributed by atoms with Crippen LogP contribution in [-0.2, 0) is 17.8 Å². The number of aromatic nitrogens is 2. The first kappa shape index (κ1) is 17.4. The van der Waals surface area contributed by atoms with Gasteiger partial charge in [0.25, 0.3) is 0 Å². The van der Waals surface area contributed by atoms with Gasteiger partial charge in [-0.2, -0.15) is 0 Å². The van der Waals surface area contributed by atoms with Gasteiger partial charge < -0.3 is 15.8 Å². The molecule has 1 aromatic heterocycles. The van der Waals surface area contributed by atoms with Crippen molar-refractivity contribution < 1.29 is 4.74 Å². The molecular weight excluding hydrogens is 324 g/mol. The molecule has 1 heterocycles. The number of nitrogens with one attached hydrogen (secondary N) is 1. The van der Waals surface area contributed by atoms with Crippen LogP contribution in [-0.4, -0.2) is 28.7 Å². The average Bonchev–Trinajstić information content (AvgIpc) is 3.33. The van der Waals surface area contributed by atoms with E-state index < -0.39 is 0 Å². The summed E-state index contributed by atoms with van der Waals surface area (Å²) in [5.41, 5.74) is 9.96. The van der Waals surface area contributed by atoms with E-state index in [0.717, 1.165) is 36.6 Å². The molecule has 5 heteroatoms. The van der Waals surface area contributed by atoms with Crippen LogP contribution in [0.5, 0.6) is 0 Å². The van der Waals surface area contributed by atoms with Crippen LogP contribution in [0.4, 0.5) is 5.82 Å². The Hall–Kier alpha value is -1.98. The molecule has 0 unspecified atom stereocenters. The molecule has 3 N–H and O–H groups in total. The minimum atomic E-state index is 0.123. The molecule has 0 aliphatic heterocycles. The van der Waals surface area contributed by atoms with Crippen molar-refractivity contribution in [1.82, 2.24) is 9.97 Å². The maximum absolute atomic E-state index is 5.97. The molecule has 2 fully saturated rings. The zero-order chi connectivity index (χ0) is 18.1. The second kappa shape index (κ2) is 6.97. The highest BCUT2D eigenvalue weighted by molar-refractivity contribution is 5.44. The largest absolute Gasteiger partial charge is 0.377 e. The molecule has 26 heavy (non-hydrogen) atoms. The molecule has 0 saturated heterocycles. The molecule has 0 atom stereocenters. The quantitative estimate of drug-likeness (QED) is 0.800. The summed E-state index contributed by atoms with van der Waals surface area (Å²) >= 11 is 0. The van der Waals surface area contributed by atoms with Crippen LogP contribution in [0.15, 0.2) is 30.3 Å². The lowest BCUT2D eigenvalue weighted by atomic mass is 9.78. The minimum absolute atomic E-state index is 0.123. The van der Waals surface area contributed by atoms with E-state index in [-0.39, 0.29) is 5.54 Å². The molecule has 0 amide bonds. The van der Waals surface area contributed by atoms with Gasteiger partial charge in [-0.15, -0.1) is 0 Å². The zero-order valence-electron chi connectivity index (χ0n) is 15.7. The lowest BCUT2D eigenvalue weighted by molar-refractivity contribution is 0.177. The van der Waals surface area contributed by atoms with Crippen LogP contribution in [0.3, 0.4) is 0 Å². The summed E-state index contributed by atoms with van der Waals surface area (Å²) in [5.74, 6) is 2.13. The average molecular weight is 352 g/mol. The van der Waals surface area contributed by atoms with Crippen molar-refractivity contribution in [3.63, 3.8) is 0 Å². The van der Waals surface area contributed by atoms with Crippen LogP contribution in [0.25, 0.3) is 0 Å². The van der Waals surface area contributed by atoms with Crippen molar-refractivity contribution in [2.75, 3.05) is 12.4 Å². The number of nitrogens with two attached hydrogens (primary N) is 1. The maximum Gasteiger partial charge on any atom is 0.156 e. The van der Waals surface area contributed by atoms with E-state index in [1.165, 1.54) is 24.0 Å². The fourth-order valence-corrected chi connectivity index (χ4v) is 3.83. The van der Waals surface area contributed by atoms with Gasteiger partial charge in [-0.05, 0) is 50.2 Å². The molecule has 2 aliphatic rings. The Morgan fingerprint density at radius 3 is 2.65 bits per heavy atom. The Morgan fingerprint density at radius 2 is 2.00 bits per heavy atom. The van der Waals surface area contributed by atoms with Crippen molar-refractivity contribution in [3.8, 4) is 0 Å². The van der Waals surface area contributed by atoms with Gasteiger partial charge in [0.2, 0.25) is 0 Å². The fourth-order valence-electron chi connectivity index (χ4n) is 3.83. The number of nitrogens with zero attached hydrogens (tertiary/aromatic N) is 2. The van der Waals surface area contributed by atoms with E-state index in [1.807, 2.05) is 0 Å². The highest BCUT2D eigenvalue weighted by atomic mass is 16.5. The van der Waals surface area contributed by atoms with Gasteiger partial charge in [0.15, 0.2) is 5.82 Å². The van der Waals surface area contributed by atoms with Crippen molar-refractivity contribution in [2.45, 2.75) is 63.1 Å². The predicted molar refractivity (Wildman–Crippen MR) is 103 cm³/mol. The van der Waals surface area contributed by atoms with Gasteiger partial charge in [-0.1, -0.05) is 24.3 Å². The van der Waals surface area contributed by atoms with E-state index in [1.54, 1.807) is 7.11 Å². The molecule has 2 saturated carbocycles. The highest BCUT2D eigenvalue weighted by Crippen LogP contribution is 2.43. The topological polar surface area (TPSA) is 73.1 Å². The summed E-state index contributed by atoms with van der Waals surface area (Å²) < 4.78 is 5.27. The van der Waals surface area contributed by atoms with Gasteiger partial charge in [-0.25, -0.2) is 9.97 Å². The van der Waals surface area contributed by atoms with Gasteiger partial charge in [0, 0.05) is 36.4 Å². The summed E-state index contributed by atoms with van der Waals surface area (Å²) in [6.07, 6.45) is 5.41. The van der Waals surface area contributed by atoms with E-state index in [9.17, 15) is 0 Å². The molecule has 2 aromatic rings. The highest BCUT2D eigenvalue weighted by Gasteiger charge is 2.43. The zero-order valence-corrected chi connectivity index (χ0v) is 15.7. The van der Waals surface area contributed by atoms with E-state index in [2.05, 4.69) is 42.6 Å². The molecule has 138 valence electrons. The van der Waals surface area contributed by atoms with Gasteiger partial charge >= 0.3 is 0 Å². The smallest absolute Gasteiger partial charge is 0.156 e. The Kier molecular flexibility index (Phi) is 4.67. The molecule has 0 spiro atoms. The van der Waals surface area contributed by atoms with Crippen molar-refractivity contribution >= 4 is 5.82 Å². The molecule has 1 aromatic carbocycles.